The van der Waals surface area contributed by atoms with Gasteiger partial charge in [0.25, 0.3) is 0 Å². The number of nitrogens with one attached hydrogen (secondary N) is 2. The van der Waals surface area contributed by atoms with Crippen molar-refractivity contribution in [3.8, 4) is 5.75 Å². The van der Waals surface area contributed by atoms with Gasteiger partial charge in [0, 0.05) is 35.2 Å². The molecule has 0 bridgehead atoms. The van der Waals surface area contributed by atoms with Crippen LogP contribution in [-0.4, -0.2) is 67.6 Å². The maximum atomic E-state index is 12.4. The van der Waals surface area contributed by atoms with Crippen LogP contribution >= 0.6 is 0 Å². The molecule has 5 rings (SSSR count). The van der Waals surface area contributed by atoms with Gasteiger partial charge in [-0.25, -0.2) is 4.79 Å². The third kappa shape index (κ3) is 8.14. The second kappa shape index (κ2) is 13.9. The Kier molecular flexibility index (Phi) is 10.3. The number of ether oxygens (including phenoxy) is 1. The number of hydrogen-bond acceptors (Lipinski definition) is 7. The maximum Gasteiger partial charge on any atom is 0.336 e. The van der Waals surface area contributed by atoms with E-state index in [-0.39, 0.29) is 11.4 Å². The van der Waals surface area contributed by atoms with Gasteiger partial charge >= 0.3 is 17.9 Å². The van der Waals surface area contributed by atoms with E-state index in [0.29, 0.717) is 12.6 Å². The Morgan fingerprint density at radius 3 is 2.11 bits per heavy atom. The molecule has 2 aliphatic rings. The molecule has 2 saturated carbocycles. The van der Waals surface area contributed by atoms with Crippen LogP contribution in [0.3, 0.4) is 0 Å². The van der Waals surface area contributed by atoms with Crippen LogP contribution in [0, 0.1) is 0 Å². The Balaban J connectivity index is 0.000000289. The first-order valence-electron chi connectivity index (χ1n) is 14.6. The number of amides is 1. The fourth-order valence-corrected chi connectivity index (χ4v) is 5.68. The fourth-order valence-electron chi connectivity index (χ4n) is 5.68. The van der Waals surface area contributed by atoms with E-state index in [1.807, 2.05) is 6.07 Å². The molecule has 2 aliphatic carbocycles. The van der Waals surface area contributed by atoms with Gasteiger partial charge in [-0.2, -0.15) is 0 Å². The number of aromatic nitrogens is 1. The number of para-hydroxylation sites is 1. The number of carbonyl (C=O) groups excluding carboxylic acids is 1. The number of nitrogens with zero attached hydrogens (tertiary/aromatic N) is 1. The minimum atomic E-state index is -2.74. The maximum absolute atomic E-state index is 12.4. The average Bonchev–Trinajstić information content (AvgIpc) is 3.53. The predicted octanol–water partition coefficient (Wildman–Crippen LogP) is 3.24. The molecule has 0 radical (unpaired) electrons. The Morgan fingerprint density at radius 1 is 0.955 bits per heavy atom. The number of methoxy groups -OCH3 is 1. The molecule has 2 fully saturated rings. The van der Waals surface area contributed by atoms with E-state index in [1.54, 1.807) is 7.11 Å². The summed E-state index contributed by atoms with van der Waals surface area (Å²) >= 11 is 0. The second-order valence-corrected chi connectivity index (χ2v) is 11.5. The molecule has 12 nitrogen and oxygen atoms in total. The van der Waals surface area contributed by atoms with Crippen LogP contribution in [0.5, 0.6) is 5.75 Å². The van der Waals surface area contributed by atoms with Gasteiger partial charge in [0.05, 0.1) is 20.0 Å². The van der Waals surface area contributed by atoms with E-state index in [2.05, 4.69) is 63.9 Å². The lowest BCUT2D eigenvalue weighted by molar-refractivity contribution is -0.170. The SMILES string of the molecule is COc1ccc(C2(NCc3cn(CC(=O)NC4CC4)c4ccccc34)CCCC2)cc1.O=C(O)CC(O)(CC(=O)O)C(=O)O. The zero-order valence-electron chi connectivity index (χ0n) is 24.6. The zero-order chi connectivity index (χ0) is 31.9. The van der Waals surface area contributed by atoms with Crippen molar-refractivity contribution < 1.29 is 44.3 Å². The topological polar surface area (TPSA) is 187 Å². The first kappa shape index (κ1) is 32.5. The lowest BCUT2D eigenvalue weighted by Crippen LogP contribution is -2.42. The number of hydrogen-bond donors (Lipinski definition) is 6. The number of carboxylic acid groups (broad SMARTS) is 3. The normalized spacial score (nSPS) is 15.7. The highest BCUT2D eigenvalue weighted by Crippen LogP contribution is 2.40. The Labute approximate surface area is 254 Å². The smallest absolute Gasteiger partial charge is 0.336 e. The fraction of sp³-hybridized carbons (Fsp3) is 0.438. The van der Waals surface area contributed by atoms with Crippen LogP contribution in [0.15, 0.2) is 54.7 Å². The Hall–Kier alpha value is -4.42. The van der Waals surface area contributed by atoms with Crippen molar-refractivity contribution in [1.29, 1.82) is 0 Å². The van der Waals surface area contributed by atoms with Gasteiger partial charge in [-0.15, -0.1) is 0 Å². The predicted molar refractivity (Wildman–Crippen MR) is 160 cm³/mol. The number of benzene rings is 2. The second-order valence-electron chi connectivity index (χ2n) is 11.5. The molecule has 1 heterocycles. The van der Waals surface area contributed by atoms with Gasteiger partial charge in [-0.05, 0) is 55.0 Å². The number of carboxylic acids is 3. The summed E-state index contributed by atoms with van der Waals surface area (Å²) in [5.74, 6) is -4.02. The van der Waals surface area contributed by atoms with Crippen LogP contribution in [0.2, 0.25) is 0 Å². The molecule has 44 heavy (non-hydrogen) atoms. The molecule has 2 aromatic carbocycles. The number of carbonyl (C=O) groups is 4. The summed E-state index contributed by atoms with van der Waals surface area (Å²) in [5.41, 5.74) is 0.958. The Morgan fingerprint density at radius 2 is 1.57 bits per heavy atom. The molecule has 236 valence electrons. The highest BCUT2D eigenvalue weighted by Gasteiger charge is 2.41. The molecule has 1 aromatic heterocycles. The van der Waals surface area contributed by atoms with Crippen molar-refractivity contribution in [3.63, 3.8) is 0 Å². The molecule has 1 amide bonds. The van der Waals surface area contributed by atoms with E-state index in [0.717, 1.165) is 43.5 Å². The van der Waals surface area contributed by atoms with E-state index >= 15 is 0 Å². The average molecular weight is 610 g/mol. The summed E-state index contributed by atoms with van der Waals surface area (Å²) in [7, 11) is 1.71. The summed E-state index contributed by atoms with van der Waals surface area (Å²) < 4.78 is 7.44. The van der Waals surface area contributed by atoms with Crippen molar-refractivity contribution in [1.82, 2.24) is 15.2 Å². The van der Waals surface area contributed by atoms with Crippen molar-refractivity contribution >= 4 is 34.7 Å². The van der Waals surface area contributed by atoms with E-state index in [1.165, 1.54) is 29.4 Å². The summed E-state index contributed by atoms with van der Waals surface area (Å²) in [4.78, 5) is 42.9. The number of fused-ring (bicyclic) bond motifs is 1. The van der Waals surface area contributed by atoms with Crippen LogP contribution in [-0.2, 0) is 37.8 Å². The minimum absolute atomic E-state index is 0.00117. The summed E-state index contributed by atoms with van der Waals surface area (Å²) in [6.45, 7) is 1.16. The van der Waals surface area contributed by atoms with Gasteiger partial charge in [-0.1, -0.05) is 43.2 Å². The molecule has 3 aromatic rings. The molecule has 0 atom stereocenters. The molecule has 0 spiro atoms. The Bertz CT molecular complexity index is 1470. The largest absolute Gasteiger partial charge is 0.497 e. The monoisotopic (exact) mass is 609 g/mol. The number of aliphatic hydroxyl groups is 1. The molecular formula is C32H39N3O9. The molecule has 0 aliphatic heterocycles. The first-order valence-corrected chi connectivity index (χ1v) is 14.6. The molecule has 0 unspecified atom stereocenters. The van der Waals surface area contributed by atoms with Gasteiger partial charge in [-0.3, -0.25) is 14.4 Å². The van der Waals surface area contributed by atoms with Crippen LogP contribution in [0.4, 0.5) is 0 Å². The van der Waals surface area contributed by atoms with Crippen molar-refractivity contribution in [3.05, 3.63) is 65.9 Å². The molecular weight excluding hydrogens is 570 g/mol. The minimum Gasteiger partial charge on any atom is -0.497 e. The van der Waals surface area contributed by atoms with Gasteiger partial charge < -0.3 is 40.4 Å². The van der Waals surface area contributed by atoms with Crippen molar-refractivity contribution in [2.45, 2.75) is 81.6 Å². The standard InChI is InChI=1S/C26H31N3O2.C6H8O7/c1-31-22-12-8-20(9-13-22)26(14-4-5-15-26)27-16-19-17-29(18-25(30)28-21-10-11-21)24-7-3-2-6-23(19)24;7-3(8)1-6(13,5(11)12)2-4(9)10/h2-3,6-9,12-13,17,21,27H,4-5,10-11,14-16,18H2,1H3,(H,28,30);13H,1-2H2,(H,7,8)(H,9,10)(H,11,12). The number of aliphatic carboxylic acids is 3. The van der Waals surface area contributed by atoms with E-state index < -0.39 is 36.4 Å². The van der Waals surface area contributed by atoms with E-state index in [4.69, 9.17) is 25.2 Å². The third-order valence-electron chi connectivity index (χ3n) is 8.13. The summed E-state index contributed by atoms with van der Waals surface area (Å²) in [6.07, 6.45) is 6.85. The van der Waals surface area contributed by atoms with Crippen molar-refractivity contribution in [2.75, 3.05) is 7.11 Å². The van der Waals surface area contributed by atoms with Crippen LogP contribution < -0.4 is 15.4 Å². The van der Waals surface area contributed by atoms with Gasteiger partial charge in [0.2, 0.25) is 5.91 Å². The molecule has 0 saturated heterocycles. The molecule has 12 heteroatoms. The van der Waals surface area contributed by atoms with Crippen LogP contribution in [0.25, 0.3) is 10.9 Å². The van der Waals surface area contributed by atoms with Crippen LogP contribution in [0.1, 0.15) is 62.5 Å². The van der Waals surface area contributed by atoms with E-state index in [9.17, 15) is 19.2 Å². The zero-order valence-corrected chi connectivity index (χ0v) is 24.6. The summed E-state index contributed by atoms with van der Waals surface area (Å²) in [6, 6.07) is 17.3. The van der Waals surface area contributed by atoms with Gasteiger partial charge in [0.1, 0.15) is 12.3 Å². The lowest BCUT2D eigenvalue weighted by Gasteiger charge is -2.31. The quantitative estimate of drug-likeness (QED) is 0.168. The summed E-state index contributed by atoms with van der Waals surface area (Å²) in [5, 5.41) is 42.0. The third-order valence-corrected chi connectivity index (χ3v) is 8.13. The highest BCUT2D eigenvalue weighted by atomic mass is 16.5. The van der Waals surface area contributed by atoms with Crippen molar-refractivity contribution in [2.24, 2.45) is 0 Å². The highest BCUT2D eigenvalue weighted by molar-refractivity contribution is 5.88. The molecule has 6 N–H and O–H groups in total. The lowest BCUT2D eigenvalue weighted by atomic mass is 9.88. The first-order chi connectivity index (χ1) is 20.9. The van der Waals surface area contributed by atoms with Gasteiger partial charge in [0.15, 0.2) is 5.60 Å². The number of rotatable bonds is 13.